The number of anilines is 1. The summed E-state index contributed by atoms with van der Waals surface area (Å²) in [5, 5.41) is 8.51. The van der Waals surface area contributed by atoms with E-state index in [2.05, 4.69) is 4.72 Å². The maximum Gasteiger partial charge on any atom is 0.303 e. The first kappa shape index (κ1) is 16.4. The van der Waals surface area contributed by atoms with Crippen LogP contribution in [0.1, 0.15) is 25.7 Å². The number of carbonyl (C=O) groups excluding carboxylic acids is 1. The van der Waals surface area contributed by atoms with Crippen LogP contribution in [0.15, 0.2) is 29.2 Å². The summed E-state index contributed by atoms with van der Waals surface area (Å²) in [5.74, 6) is -0.916. The average molecular weight is 326 g/mol. The lowest BCUT2D eigenvalue weighted by molar-refractivity contribution is -0.137. The largest absolute Gasteiger partial charge is 0.481 e. The third-order valence-electron chi connectivity index (χ3n) is 3.39. The van der Waals surface area contributed by atoms with Gasteiger partial charge in [0.15, 0.2) is 0 Å². The number of rotatable bonds is 7. The van der Waals surface area contributed by atoms with Crippen LogP contribution in [0.2, 0.25) is 0 Å². The molecule has 7 nitrogen and oxygen atoms in total. The second kappa shape index (κ2) is 6.89. The van der Waals surface area contributed by atoms with Crippen LogP contribution in [0, 0.1) is 0 Å². The number of carboxylic acids is 1. The van der Waals surface area contributed by atoms with Crippen LogP contribution < -0.4 is 9.62 Å². The van der Waals surface area contributed by atoms with Gasteiger partial charge in [0, 0.05) is 31.6 Å². The molecular formula is C14H18N2O5S. The maximum absolute atomic E-state index is 12.0. The first-order valence-corrected chi connectivity index (χ1v) is 8.50. The molecule has 2 rings (SSSR count). The van der Waals surface area contributed by atoms with Crippen molar-refractivity contribution in [3.8, 4) is 0 Å². The van der Waals surface area contributed by atoms with E-state index in [0.717, 1.165) is 6.42 Å². The zero-order chi connectivity index (χ0) is 16.2. The number of hydrogen-bond acceptors (Lipinski definition) is 4. The molecular weight excluding hydrogens is 308 g/mol. The summed E-state index contributed by atoms with van der Waals surface area (Å²) in [6, 6.07) is 6.10. The summed E-state index contributed by atoms with van der Waals surface area (Å²) >= 11 is 0. The van der Waals surface area contributed by atoms with Gasteiger partial charge in [0.2, 0.25) is 15.9 Å². The molecule has 0 atom stereocenters. The van der Waals surface area contributed by atoms with E-state index in [9.17, 15) is 18.0 Å². The Balaban J connectivity index is 1.99. The van der Waals surface area contributed by atoms with Crippen molar-refractivity contribution in [2.24, 2.45) is 0 Å². The third-order valence-corrected chi connectivity index (χ3v) is 4.87. The number of aliphatic carboxylic acids is 1. The molecule has 2 N–H and O–H groups in total. The molecule has 0 aromatic heterocycles. The smallest absolute Gasteiger partial charge is 0.303 e. The summed E-state index contributed by atoms with van der Waals surface area (Å²) in [4.78, 5) is 23.7. The predicted molar refractivity (Wildman–Crippen MR) is 80.1 cm³/mol. The Morgan fingerprint density at radius 3 is 2.50 bits per heavy atom. The van der Waals surface area contributed by atoms with Crippen molar-refractivity contribution in [3.05, 3.63) is 24.3 Å². The van der Waals surface area contributed by atoms with Gasteiger partial charge in [-0.3, -0.25) is 9.59 Å². The Hall–Kier alpha value is -1.93. The molecule has 0 saturated carbocycles. The van der Waals surface area contributed by atoms with E-state index in [0.29, 0.717) is 18.7 Å². The van der Waals surface area contributed by atoms with Gasteiger partial charge in [-0.25, -0.2) is 13.1 Å². The fourth-order valence-electron chi connectivity index (χ4n) is 2.26. The Morgan fingerprint density at radius 2 is 1.95 bits per heavy atom. The van der Waals surface area contributed by atoms with E-state index >= 15 is 0 Å². The van der Waals surface area contributed by atoms with Gasteiger partial charge >= 0.3 is 5.97 Å². The van der Waals surface area contributed by atoms with Gasteiger partial charge in [-0.1, -0.05) is 0 Å². The number of carbonyl (C=O) groups is 2. The normalized spacial score (nSPS) is 15.3. The lowest BCUT2D eigenvalue weighted by Crippen LogP contribution is -2.26. The van der Waals surface area contributed by atoms with E-state index in [1.165, 1.54) is 12.1 Å². The van der Waals surface area contributed by atoms with E-state index in [-0.39, 0.29) is 30.2 Å². The number of sulfonamides is 1. The first-order valence-electron chi connectivity index (χ1n) is 7.02. The van der Waals surface area contributed by atoms with Crippen molar-refractivity contribution in [1.82, 2.24) is 4.72 Å². The van der Waals surface area contributed by atoms with Gasteiger partial charge in [0.05, 0.1) is 4.90 Å². The van der Waals surface area contributed by atoms with E-state index in [1.807, 2.05) is 0 Å². The lowest BCUT2D eigenvalue weighted by Gasteiger charge is -2.16. The quantitative estimate of drug-likeness (QED) is 0.726. The number of benzene rings is 1. The van der Waals surface area contributed by atoms with Crippen molar-refractivity contribution in [1.29, 1.82) is 0 Å². The van der Waals surface area contributed by atoms with Crippen LogP contribution in [0.25, 0.3) is 0 Å². The minimum absolute atomic E-state index is 0.0439. The molecule has 1 aliphatic rings. The van der Waals surface area contributed by atoms with Crippen LogP contribution in [-0.2, 0) is 19.6 Å². The summed E-state index contributed by atoms with van der Waals surface area (Å²) in [6.07, 6.45) is 1.47. The molecule has 0 aliphatic carbocycles. The zero-order valence-corrected chi connectivity index (χ0v) is 12.8. The van der Waals surface area contributed by atoms with Gasteiger partial charge in [0.1, 0.15) is 0 Å². The Bertz CT molecular complexity index is 654. The molecule has 1 heterocycles. The van der Waals surface area contributed by atoms with Crippen molar-refractivity contribution >= 4 is 27.6 Å². The standard InChI is InChI=1S/C14H18N2O5S/c17-13-3-2-10-16(13)11-5-7-12(8-6-11)22(20,21)15-9-1-4-14(18)19/h5-8,15H,1-4,9-10H2,(H,18,19). The molecule has 0 radical (unpaired) electrons. The lowest BCUT2D eigenvalue weighted by atomic mass is 10.3. The maximum atomic E-state index is 12.0. The fraction of sp³-hybridized carbons (Fsp3) is 0.429. The van der Waals surface area contributed by atoms with Crippen LogP contribution in [-0.4, -0.2) is 38.5 Å². The fourth-order valence-corrected chi connectivity index (χ4v) is 3.33. The van der Waals surface area contributed by atoms with Crippen LogP contribution in [0.4, 0.5) is 5.69 Å². The highest BCUT2D eigenvalue weighted by Gasteiger charge is 2.22. The highest BCUT2D eigenvalue weighted by molar-refractivity contribution is 7.89. The number of hydrogen-bond donors (Lipinski definition) is 2. The molecule has 1 saturated heterocycles. The Labute approximate surface area is 129 Å². The molecule has 0 spiro atoms. The van der Waals surface area contributed by atoms with Gasteiger partial charge in [-0.05, 0) is 37.1 Å². The van der Waals surface area contributed by atoms with Crippen molar-refractivity contribution in [2.45, 2.75) is 30.6 Å². The highest BCUT2D eigenvalue weighted by Crippen LogP contribution is 2.22. The second-order valence-electron chi connectivity index (χ2n) is 5.04. The minimum atomic E-state index is -3.66. The number of amides is 1. The molecule has 0 bridgehead atoms. The Kier molecular flexibility index (Phi) is 5.15. The molecule has 120 valence electrons. The van der Waals surface area contributed by atoms with Gasteiger partial charge in [0.25, 0.3) is 0 Å². The molecule has 1 fully saturated rings. The molecule has 8 heteroatoms. The third kappa shape index (κ3) is 4.05. The SMILES string of the molecule is O=C(O)CCCNS(=O)(=O)c1ccc(N2CCCC2=O)cc1. The molecule has 1 aliphatic heterocycles. The van der Waals surface area contributed by atoms with Crippen molar-refractivity contribution < 1.29 is 23.1 Å². The molecule has 22 heavy (non-hydrogen) atoms. The second-order valence-corrected chi connectivity index (χ2v) is 6.80. The van der Waals surface area contributed by atoms with E-state index in [4.69, 9.17) is 5.11 Å². The molecule has 1 aromatic rings. The van der Waals surface area contributed by atoms with Crippen LogP contribution in [0.3, 0.4) is 0 Å². The molecule has 1 amide bonds. The number of nitrogens with one attached hydrogen (secondary N) is 1. The first-order chi connectivity index (χ1) is 10.4. The van der Waals surface area contributed by atoms with Gasteiger partial charge < -0.3 is 10.0 Å². The van der Waals surface area contributed by atoms with E-state index in [1.54, 1.807) is 17.0 Å². The predicted octanol–water partition coefficient (Wildman–Crippen LogP) is 0.956. The van der Waals surface area contributed by atoms with Crippen LogP contribution >= 0.6 is 0 Å². The van der Waals surface area contributed by atoms with Gasteiger partial charge in [-0.15, -0.1) is 0 Å². The van der Waals surface area contributed by atoms with E-state index < -0.39 is 16.0 Å². The molecule has 1 aromatic carbocycles. The molecule has 0 unspecified atom stereocenters. The topological polar surface area (TPSA) is 104 Å². The van der Waals surface area contributed by atoms with Crippen LogP contribution in [0.5, 0.6) is 0 Å². The number of nitrogens with zero attached hydrogens (tertiary/aromatic N) is 1. The number of carboxylic acid groups (broad SMARTS) is 1. The van der Waals surface area contributed by atoms with Crippen molar-refractivity contribution in [3.63, 3.8) is 0 Å². The van der Waals surface area contributed by atoms with Gasteiger partial charge in [-0.2, -0.15) is 0 Å². The van der Waals surface area contributed by atoms with Crippen molar-refractivity contribution in [2.75, 3.05) is 18.0 Å². The monoisotopic (exact) mass is 326 g/mol. The summed E-state index contributed by atoms with van der Waals surface area (Å²) in [7, 11) is -3.66. The summed E-state index contributed by atoms with van der Waals surface area (Å²) in [5.41, 5.74) is 0.687. The highest BCUT2D eigenvalue weighted by atomic mass is 32.2. The summed E-state index contributed by atoms with van der Waals surface area (Å²) < 4.78 is 26.4. The minimum Gasteiger partial charge on any atom is -0.481 e. The Morgan fingerprint density at radius 1 is 1.27 bits per heavy atom. The average Bonchev–Trinajstić information content (AvgIpc) is 2.90. The summed E-state index contributed by atoms with van der Waals surface area (Å²) in [6.45, 7) is 0.722. The zero-order valence-electron chi connectivity index (χ0n) is 12.0.